The number of alkyl halides is 1. The lowest BCUT2D eigenvalue weighted by molar-refractivity contribution is -0.123. The van der Waals surface area contributed by atoms with Gasteiger partial charge in [0.05, 0.1) is 5.02 Å². The summed E-state index contributed by atoms with van der Waals surface area (Å²) in [6, 6.07) is 2.87. The summed E-state index contributed by atoms with van der Waals surface area (Å²) in [5.74, 6) is 2.18. The predicted octanol–water partition coefficient (Wildman–Crippen LogP) is 6.65. The lowest BCUT2D eigenvalue weighted by Gasteiger charge is -2.44. The molecule has 188 valence electrons. The van der Waals surface area contributed by atoms with Gasteiger partial charge in [0.15, 0.2) is 0 Å². The molecule has 1 aliphatic heterocycles. The number of likely N-dealkylation sites (tertiary alicyclic amines) is 1. The van der Waals surface area contributed by atoms with Crippen LogP contribution in [0.2, 0.25) is 5.02 Å². The van der Waals surface area contributed by atoms with Crippen LogP contribution in [0.4, 0.5) is 4.39 Å². The minimum Gasteiger partial charge on any atom is -0.506 e. The number of aryl methyl sites for hydroxylation is 1. The Labute approximate surface area is 207 Å². The molecule has 0 aromatic heterocycles. The Balaban J connectivity index is 0.000000238. The normalized spacial score (nSPS) is 29.8. The van der Waals surface area contributed by atoms with Crippen molar-refractivity contribution >= 4 is 36.1 Å². The second kappa shape index (κ2) is 14.0. The highest BCUT2D eigenvalue weighted by molar-refractivity contribution is 6.32. The number of benzene rings is 1. The van der Waals surface area contributed by atoms with Crippen molar-refractivity contribution in [2.24, 2.45) is 17.8 Å². The standard InChI is InChI=1S/C11H19Cl.C7H6ClFO.C6H11NO.CH2O2/c1-8-3-9-5-10(4-8)7-11(2,12)6-9;1-4-2-5(8)7(10)3-6(4)9;1-6-3-2-4-7(6)5-8;2-1-3/h8-10H,3-7H2,1-2H3;2-3,10H,1H3;5-6H,2-4H2,1H3;1H,(H,2,3). The molecule has 3 aliphatic rings. The fourth-order valence-electron chi connectivity index (χ4n) is 5.27. The summed E-state index contributed by atoms with van der Waals surface area (Å²) in [7, 11) is 0. The predicted molar refractivity (Wildman–Crippen MR) is 131 cm³/mol. The highest BCUT2D eigenvalue weighted by atomic mass is 35.5. The van der Waals surface area contributed by atoms with Crippen LogP contribution in [0.5, 0.6) is 5.75 Å². The van der Waals surface area contributed by atoms with E-state index < -0.39 is 5.82 Å². The molecular weight excluding hydrogens is 468 g/mol. The van der Waals surface area contributed by atoms with Crippen LogP contribution in [0.1, 0.15) is 71.3 Å². The van der Waals surface area contributed by atoms with Gasteiger partial charge in [0, 0.05) is 23.5 Å². The summed E-state index contributed by atoms with van der Waals surface area (Å²) < 4.78 is 12.5. The Morgan fingerprint density at radius 1 is 1.15 bits per heavy atom. The zero-order valence-electron chi connectivity index (χ0n) is 20.1. The largest absolute Gasteiger partial charge is 0.506 e. The second-order valence-corrected chi connectivity index (χ2v) is 11.2. The third-order valence-corrected chi connectivity index (χ3v) is 7.15. The van der Waals surface area contributed by atoms with E-state index in [0.717, 1.165) is 36.8 Å². The van der Waals surface area contributed by atoms with Crippen molar-refractivity contribution < 1.29 is 24.2 Å². The van der Waals surface area contributed by atoms with Crippen LogP contribution >= 0.6 is 23.2 Å². The molecule has 1 aromatic rings. The maximum absolute atomic E-state index is 12.5. The molecule has 5 nitrogen and oxygen atoms in total. The van der Waals surface area contributed by atoms with Gasteiger partial charge < -0.3 is 15.1 Å². The number of phenols is 1. The summed E-state index contributed by atoms with van der Waals surface area (Å²) in [6.07, 6.45) is 10.1. The lowest BCUT2D eigenvalue weighted by Crippen LogP contribution is -2.36. The number of amides is 1. The van der Waals surface area contributed by atoms with Crippen LogP contribution in [0.15, 0.2) is 12.1 Å². The molecule has 2 N–H and O–H groups in total. The molecule has 2 bridgehead atoms. The van der Waals surface area contributed by atoms with Crippen LogP contribution in [-0.2, 0) is 9.59 Å². The van der Waals surface area contributed by atoms with Crippen molar-refractivity contribution in [3.8, 4) is 5.75 Å². The third-order valence-electron chi connectivity index (χ3n) is 6.53. The molecule has 33 heavy (non-hydrogen) atoms. The minimum absolute atomic E-state index is 0.133. The number of carbonyl (C=O) groups excluding carboxylic acids is 1. The molecule has 1 amide bonds. The SMILES string of the molecule is CC1CC2CC(C1)CC(C)(Cl)C2.CC1CCCN1C=O.Cc1cc(Cl)c(O)cc1F.O=CO. The number of fused-ring (bicyclic) bond motifs is 2. The summed E-state index contributed by atoms with van der Waals surface area (Å²) >= 11 is 11.9. The number of halogens is 3. The van der Waals surface area contributed by atoms with Gasteiger partial charge in [-0.3, -0.25) is 9.59 Å². The third kappa shape index (κ3) is 10.5. The Morgan fingerprint density at radius 2 is 1.70 bits per heavy atom. The molecule has 4 rings (SSSR count). The summed E-state index contributed by atoms with van der Waals surface area (Å²) in [4.78, 5) is 20.5. The number of rotatable bonds is 1. The van der Waals surface area contributed by atoms with Gasteiger partial charge in [0.25, 0.3) is 6.47 Å². The molecule has 1 aromatic carbocycles. The number of aromatic hydroxyl groups is 1. The number of nitrogens with zero attached hydrogens (tertiary/aromatic N) is 1. The van der Waals surface area contributed by atoms with E-state index in [-0.39, 0.29) is 22.1 Å². The lowest BCUT2D eigenvalue weighted by atomic mass is 9.65. The minimum atomic E-state index is -0.443. The van der Waals surface area contributed by atoms with E-state index in [4.69, 9.17) is 38.2 Å². The molecular formula is C25H38Cl2FNO4. The molecule has 2 saturated carbocycles. The van der Waals surface area contributed by atoms with E-state index in [1.165, 1.54) is 51.0 Å². The van der Waals surface area contributed by atoms with E-state index in [0.29, 0.717) is 11.6 Å². The summed E-state index contributed by atoms with van der Waals surface area (Å²) in [6.45, 7) is 9.01. The van der Waals surface area contributed by atoms with Gasteiger partial charge >= 0.3 is 0 Å². The van der Waals surface area contributed by atoms with E-state index in [1.807, 2.05) is 4.90 Å². The van der Waals surface area contributed by atoms with Gasteiger partial charge in [0.2, 0.25) is 6.41 Å². The van der Waals surface area contributed by atoms with Crippen molar-refractivity contribution in [1.29, 1.82) is 0 Å². The first-order valence-corrected chi connectivity index (χ1v) is 12.3. The highest BCUT2D eigenvalue weighted by Crippen LogP contribution is 2.48. The molecule has 3 atom stereocenters. The Hall–Kier alpha value is -1.53. The summed E-state index contributed by atoms with van der Waals surface area (Å²) in [5.41, 5.74) is 0.433. The first kappa shape index (κ1) is 29.5. The highest BCUT2D eigenvalue weighted by Gasteiger charge is 2.39. The van der Waals surface area contributed by atoms with Gasteiger partial charge in [-0.25, -0.2) is 4.39 Å². The van der Waals surface area contributed by atoms with Crippen LogP contribution in [0.3, 0.4) is 0 Å². The van der Waals surface area contributed by atoms with Gasteiger partial charge in [-0.05, 0) is 95.1 Å². The smallest absolute Gasteiger partial charge is 0.290 e. The number of hydrogen-bond acceptors (Lipinski definition) is 3. The van der Waals surface area contributed by atoms with E-state index in [2.05, 4.69) is 20.8 Å². The molecule has 8 heteroatoms. The Bertz CT molecular complexity index is 692. The van der Waals surface area contributed by atoms with Gasteiger partial charge in [-0.1, -0.05) is 18.5 Å². The zero-order valence-corrected chi connectivity index (χ0v) is 21.6. The maximum Gasteiger partial charge on any atom is 0.290 e. The van der Waals surface area contributed by atoms with Gasteiger partial charge in [-0.2, -0.15) is 0 Å². The van der Waals surface area contributed by atoms with Gasteiger partial charge in [0.1, 0.15) is 11.6 Å². The molecule has 1 saturated heterocycles. The first-order valence-electron chi connectivity index (χ1n) is 11.5. The molecule has 0 spiro atoms. The molecule has 0 radical (unpaired) electrons. The zero-order chi connectivity index (χ0) is 25.2. The molecule has 2 aliphatic carbocycles. The number of carbonyl (C=O) groups is 2. The average Bonchev–Trinajstić information content (AvgIpc) is 3.11. The second-order valence-electron chi connectivity index (χ2n) is 9.86. The van der Waals surface area contributed by atoms with Crippen molar-refractivity contribution in [3.63, 3.8) is 0 Å². The van der Waals surface area contributed by atoms with E-state index in [1.54, 1.807) is 6.92 Å². The van der Waals surface area contributed by atoms with Crippen LogP contribution in [0.25, 0.3) is 0 Å². The quantitative estimate of drug-likeness (QED) is 0.330. The Kier molecular flexibility index (Phi) is 12.5. The molecule has 3 fully saturated rings. The maximum atomic E-state index is 12.5. The van der Waals surface area contributed by atoms with Crippen molar-refractivity contribution in [2.45, 2.75) is 83.6 Å². The van der Waals surface area contributed by atoms with Gasteiger partial charge in [-0.15, -0.1) is 11.6 Å². The number of carboxylic acid groups (broad SMARTS) is 1. The van der Waals surface area contributed by atoms with Crippen LogP contribution in [0, 0.1) is 30.5 Å². The van der Waals surface area contributed by atoms with Crippen LogP contribution < -0.4 is 0 Å². The first-order chi connectivity index (χ1) is 15.4. The summed E-state index contributed by atoms with van der Waals surface area (Å²) in [5, 5.41) is 15.9. The average molecular weight is 506 g/mol. The van der Waals surface area contributed by atoms with Crippen molar-refractivity contribution in [1.82, 2.24) is 4.90 Å². The number of phenolic OH excluding ortho intramolecular Hbond substituents is 1. The van der Waals surface area contributed by atoms with E-state index in [9.17, 15) is 9.18 Å². The fourth-order valence-corrected chi connectivity index (χ4v) is 5.92. The topological polar surface area (TPSA) is 77.8 Å². The van der Waals surface area contributed by atoms with Crippen molar-refractivity contribution in [2.75, 3.05) is 6.54 Å². The van der Waals surface area contributed by atoms with E-state index >= 15 is 0 Å². The van der Waals surface area contributed by atoms with Crippen molar-refractivity contribution in [3.05, 3.63) is 28.5 Å². The Morgan fingerprint density at radius 3 is 2.09 bits per heavy atom. The number of hydrogen-bond donors (Lipinski definition) is 2. The molecule has 1 heterocycles. The van der Waals surface area contributed by atoms with Crippen LogP contribution in [-0.4, -0.2) is 45.5 Å². The molecule has 3 unspecified atom stereocenters. The fraction of sp³-hybridized carbons (Fsp3) is 0.680. The monoisotopic (exact) mass is 505 g/mol.